The Hall–Kier alpha value is -2.24. The third kappa shape index (κ3) is 1.45. The first kappa shape index (κ1) is 8.36. The number of carboxylic acid groups (broad SMARTS) is 1. The fourth-order valence-corrected chi connectivity index (χ4v) is 0.907. The molecule has 0 amide bonds. The molecule has 0 spiro atoms. The molecule has 0 atom stereocenters. The maximum atomic E-state index is 10.5. The van der Waals surface area contributed by atoms with Crippen LogP contribution in [-0.4, -0.2) is 26.0 Å². The lowest BCUT2D eigenvalue weighted by Crippen LogP contribution is -1.95. The van der Waals surface area contributed by atoms with Crippen LogP contribution in [0.1, 0.15) is 10.5 Å². The van der Waals surface area contributed by atoms with E-state index in [-0.39, 0.29) is 11.6 Å². The van der Waals surface area contributed by atoms with Gasteiger partial charge in [-0.2, -0.15) is 0 Å². The quantitative estimate of drug-likeness (QED) is 0.756. The molecule has 0 aromatic carbocycles. The van der Waals surface area contributed by atoms with E-state index in [1.54, 1.807) is 6.07 Å². The lowest BCUT2D eigenvalue weighted by molar-refractivity contribution is 0.0690. The molecule has 70 valence electrons. The molecule has 0 aliphatic carbocycles. The Kier molecular flexibility index (Phi) is 1.94. The molecular weight excluding hydrogens is 186 g/mol. The summed E-state index contributed by atoms with van der Waals surface area (Å²) in [5, 5.41) is 8.59. The van der Waals surface area contributed by atoms with Gasteiger partial charge in [0.1, 0.15) is 18.3 Å². The maximum absolute atomic E-state index is 10.5. The second-order valence-corrected chi connectivity index (χ2v) is 2.44. The van der Waals surface area contributed by atoms with Crippen molar-refractivity contribution in [3.63, 3.8) is 0 Å². The highest BCUT2D eigenvalue weighted by molar-refractivity contribution is 5.85. The summed E-state index contributed by atoms with van der Waals surface area (Å²) in [5.41, 5.74) is 0.311. The summed E-state index contributed by atoms with van der Waals surface area (Å²) in [4.78, 5) is 21.8. The van der Waals surface area contributed by atoms with Crippen molar-refractivity contribution in [2.24, 2.45) is 0 Å². The average Bonchev–Trinajstić information content (AvgIpc) is 2.68. The molecule has 0 bridgehead atoms. The van der Waals surface area contributed by atoms with Gasteiger partial charge in [-0.15, -0.1) is 0 Å². The highest BCUT2D eigenvalue weighted by Gasteiger charge is 2.11. The van der Waals surface area contributed by atoms with Crippen molar-refractivity contribution in [1.29, 1.82) is 0 Å². The van der Waals surface area contributed by atoms with Crippen LogP contribution in [0.3, 0.4) is 0 Å². The molecule has 1 N–H and O–H groups in total. The van der Waals surface area contributed by atoms with E-state index in [4.69, 9.17) is 9.52 Å². The number of aromatic carboxylic acids is 1. The van der Waals surface area contributed by atoms with Crippen molar-refractivity contribution in [1.82, 2.24) is 15.0 Å². The van der Waals surface area contributed by atoms with E-state index < -0.39 is 5.97 Å². The van der Waals surface area contributed by atoms with Crippen LogP contribution in [0.5, 0.6) is 0 Å². The molecular formula is C8H5N3O3. The number of hydrogen-bond acceptors (Lipinski definition) is 5. The molecule has 0 saturated carbocycles. The number of rotatable bonds is 2. The standard InChI is InChI=1S/C8H5N3O3/c12-8(13)6-3-14-7(11-6)5-1-2-9-4-10-5/h1-4H,(H,12,13). The molecule has 2 rings (SSSR count). The lowest BCUT2D eigenvalue weighted by atomic mass is 10.4. The van der Waals surface area contributed by atoms with Crippen molar-refractivity contribution in [2.45, 2.75) is 0 Å². The number of oxazole rings is 1. The van der Waals surface area contributed by atoms with Crippen LogP contribution in [0.2, 0.25) is 0 Å². The zero-order valence-corrected chi connectivity index (χ0v) is 6.91. The number of carboxylic acids is 1. The van der Waals surface area contributed by atoms with Crippen LogP contribution >= 0.6 is 0 Å². The molecule has 2 aromatic rings. The summed E-state index contributed by atoms with van der Waals surface area (Å²) in [6.45, 7) is 0. The molecule has 2 heterocycles. The lowest BCUT2D eigenvalue weighted by Gasteiger charge is -1.89. The van der Waals surface area contributed by atoms with Gasteiger partial charge in [-0.3, -0.25) is 0 Å². The summed E-state index contributed by atoms with van der Waals surface area (Å²) in [5.74, 6) is -0.959. The Balaban J connectivity index is 2.39. The highest BCUT2D eigenvalue weighted by Crippen LogP contribution is 2.14. The average molecular weight is 191 g/mol. The molecule has 0 radical (unpaired) electrons. The van der Waals surface area contributed by atoms with Gasteiger partial charge in [-0.05, 0) is 6.07 Å². The van der Waals surface area contributed by atoms with E-state index in [2.05, 4.69) is 15.0 Å². The Labute approximate surface area is 78.3 Å². The molecule has 0 saturated heterocycles. The van der Waals surface area contributed by atoms with Crippen molar-refractivity contribution in [3.05, 3.63) is 30.5 Å². The van der Waals surface area contributed by atoms with E-state index in [9.17, 15) is 4.79 Å². The minimum atomic E-state index is -1.13. The van der Waals surface area contributed by atoms with Gasteiger partial charge in [0.05, 0.1) is 0 Å². The Morgan fingerprint density at radius 3 is 2.93 bits per heavy atom. The van der Waals surface area contributed by atoms with E-state index in [1.807, 2.05) is 0 Å². The fraction of sp³-hybridized carbons (Fsp3) is 0. The summed E-state index contributed by atoms with van der Waals surface area (Å²) < 4.78 is 4.93. The minimum absolute atomic E-state index is 0.140. The van der Waals surface area contributed by atoms with Crippen molar-refractivity contribution < 1.29 is 14.3 Å². The molecule has 6 nitrogen and oxygen atoms in total. The van der Waals surface area contributed by atoms with Crippen molar-refractivity contribution >= 4 is 5.97 Å². The van der Waals surface area contributed by atoms with E-state index >= 15 is 0 Å². The summed E-state index contributed by atoms with van der Waals surface area (Å²) in [6, 6.07) is 1.58. The molecule has 14 heavy (non-hydrogen) atoms. The van der Waals surface area contributed by atoms with Crippen LogP contribution in [0.25, 0.3) is 11.6 Å². The van der Waals surface area contributed by atoms with Crippen molar-refractivity contribution in [3.8, 4) is 11.6 Å². The van der Waals surface area contributed by atoms with Gasteiger partial charge in [0.25, 0.3) is 0 Å². The van der Waals surface area contributed by atoms with E-state index in [0.29, 0.717) is 5.69 Å². The van der Waals surface area contributed by atoms with Gasteiger partial charge in [0.2, 0.25) is 5.89 Å². The van der Waals surface area contributed by atoms with Gasteiger partial charge in [-0.25, -0.2) is 19.7 Å². The Morgan fingerprint density at radius 1 is 1.50 bits per heavy atom. The topological polar surface area (TPSA) is 89.1 Å². The number of hydrogen-bond donors (Lipinski definition) is 1. The van der Waals surface area contributed by atoms with Crippen LogP contribution in [-0.2, 0) is 0 Å². The van der Waals surface area contributed by atoms with Gasteiger partial charge in [0.15, 0.2) is 5.69 Å². The Bertz CT molecular complexity index is 452. The molecule has 2 aromatic heterocycles. The van der Waals surface area contributed by atoms with Crippen LogP contribution in [0.15, 0.2) is 29.3 Å². The SMILES string of the molecule is O=C(O)c1coc(-c2ccncn2)n1. The van der Waals surface area contributed by atoms with Crippen LogP contribution in [0, 0.1) is 0 Å². The predicted molar refractivity (Wildman–Crippen MR) is 44.5 cm³/mol. The summed E-state index contributed by atoms with van der Waals surface area (Å²) in [6.07, 6.45) is 3.92. The molecule has 0 fully saturated rings. The second-order valence-electron chi connectivity index (χ2n) is 2.44. The first-order valence-electron chi connectivity index (χ1n) is 3.72. The van der Waals surface area contributed by atoms with E-state index in [0.717, 1.165) is 6.26 Å². The number of aromatic nitrogens is 3. The normalized spacial score (nSPS) is 10.0. The van der Waals surface area contributed by atoms with Crippen LogP contribution in [0.4, 0.5) is 0 Å². The van der Waals surface area contributed by atoms with Gasteiger partial charge in [-0.1, -0.05) is 0 Å². The summed E-state index contributed by atoms with van der Waals surface area (Å²) in [7, 11) is 0. The molecule has 0 aliphatic rings. The molecule has 0 aliphatic heterocycles. The first-order valence-corrected chi connectivity index (χ1v) is 3.72. The Morgan fingerprint density at radius 2 is 2.36 bits per heavy atom. The third-order valence-electron chi connectivity index (χ3n) is 1.52. The third-order valence-corrected chi connectivity index (χ3v) is 1.52. The molecule has 6 heteroatoms. The second kappa shape index (κ2) is 3.25. The largest absolute Gasteiger partial charge is 0.476 e. The minimum Gasteiger partial charge on any atom is -0.476 e. The number of carbonyl (C=O) groups is 1. The predicted octanol–water partition coefficient (Wildman–Crippen LogP) is 0.830. The van der Waals surface area contributed by atoms with Gasteiger partial charge < -0.3 is 9.52 Å². The summed E-state index contributed by atoms with van der Waals surface area (Å²) >= 11 is 0. The van der Waals surface area contributed by atoms with E-state index in [1.165, 1.54) is 12.5 Å². The first-order chi connectivity index (χ1) is 6.77. The zero-order valence-electron chi connectivity index (χ0n) is 6.91. The zero-order chi connectivity index (χ0) is 9.97. The smallest absolute Gasteiger partial charge is 0.357 e. The molecule has 0 unspecified atom stereocenters. The van der Waals surface area contributed by atoms with Gasteiger partial charge >= 0.3 is 5.97 Å². The van der Waals surface area contributed by atoms with Crippen molar-refractivity contribution in [2.75, 3.05) is 0 Å². The monoisotopic (exact) mass is 191 g/mol. The van der Waals surface area contributed by atoms with Gasteiger partial charge in [0, 0.05) is 6.20 Å². The number of nitrogens with zero attached hydrogens (tertiary/aromatic N) is 3. The highest BCUT2D eigenvalue weighted by atomic mass is 16.4. The maximum Gasteiger partial charge on any atom is 0.357 e. The fourth-order valence-electron chi connectivity index (χ4n) is 0.907. The van der Waals surface area contributed by atoms with Crippen LogP contribution < -0.4 is 0 Å².